The lowest BCUT2D eigenvalue weighted by atomic mass is 9.94. The van der Waals surface area contributed by atoms with Crippen LogP contribution in [0.4, 0.5) is 0 Å². The van der Waals surface area contributed by atoms with Gasteiger partial charge in [0.15, 0.2) is 0 Å². The van der Waals surface area contributed by atoms with Gasteiger partial charge in [-0.25, -0.2) is 0 Å². The van der Waals surface area contributed by atoms with Crippen LogP contribution >= 0.6 is 11.8 Å². The van der Waals surface area contributed by atoms with Gasteiger partial charge in [-0.3, -0.25) is 0 Å². The molecule has 16 heavy (non-hydrogen) atoms. The summed E-state index contributed by atoms with van der Waals surface area (Å²) in [5.74, 6) is 3.55. The van der Waals surface area contributed by atoms with Crippen molar-refractivity contribution < 1.29 is 0 Å². The highest BCUT2D eigenvalue weighted by Gasteiger charge is 2.11. The molecule has 1 heterocycles. The van der Waals surface area contributed by atoms with Gasteiger partial charge in [-0.2, -0.15) is 11.8 Å². The molecule has 2 N–H and O–H groups in total. The summed E-state index contributed by atoms with van der Waals surface area (Å²) in [5, 5.41) is 0. The maximum Gasteiger partial charge on any atom is 0.00727 e. The van der Waals surface area contributed by atoms with E-state index in [-0.39, 0.29) is 0 Å². The molecular weight excluding hydrogens is 216 g/mol. The lowest BCUT2D eigenvalue weighted by molar-refractivity contribution is 0.280. The van der Waals surface area contributed by atoms with Crippen molar-refractivity contribution in [2.75, 3.05) is 37.7 Å². The van der Waals surface area contributed by atoms with Crippen molar-refractivity contribution in [3.05, 3.63) is 0 Å². The van der Waals surface area contributed by atoms with Crippen molar-refractivity contribution in [3.8, 4) is 0 Å². The van der Waals surface area contributed by atoms with Crippen molar-refractivity contribution in [2.45, 2.75) is 39.0 Å². The maximum atomic E-state index is 5.66. The average Bonchev–Trinajstić information content (AvgIpc) is 2.31. The Bertz CT molecular complexity index is 152. The zero-order valence-corrected chi connectivity index (χ0v) is 11.6. The molecule has 0 aromatic heterocycles. The molecule has 2 nitrogen and oxygen atoms in total. The van der Waals surface area contributed by atoms with Crippen LogP contribution in [-0.4, -0.2) is 42.6 Å². The fraction of sp³-hybridized carbons (Fsp3) is 1.00. The van der Waals surface area contributed by atoms with E-state index in [0.717, 1.165) is 12.5 Å². The van der Waals surface area contributed by atoms with E-state index >= 15 is 0 Å². The van der Waals surface area contributed by atoms with E-state index < -0.39 is 0 Å². The van der Waals surface area contributed by atoms with E-state index in [1.54, 1.807) is 0 Å². The molecule has 0 aliphatic carbocycles. The van der Waals surface area contributed by atoms with E-state index in [1.807, 2.05) is 0 Å². The molecule has 0 aromatic carbocycles. The van der Waals surface area contributed by atoms with Gasteiger partial charge in [0, 0.05) is 24.6 Å². The average molecular weight is 244 g/mol. The third-order valence-corrected chi connectivity index (χ3v) is 4.40. The molecule has 0 amide bonds. The van der Waals surface area contributed by atoms with E-state index in [0.29, 0.717) is 0 Å². The van der Waals surface area contributed by atoms with Crippen LogP contribution in [0.25, 0.3) is 0 Å². The molecule has 1 aliphatic rings. The van der Waals surface area contributed by atoms with E-state index in [4.69, 9.17) is 5.73 Å². The molecule has 1 aliphatic heterocycles. The van der Waals surface area contributed by atoms with Gasteiger partial charge in [-0.1, -0.05) is 19.8 Å². The smallest absolute Gasteiger partial charge is 0.00727 e. The topological polar surface area (TPSA) is 29.3 Å². The number of rotatable bonds is 8. The Morgan fingerprint density at radius 1 is 1.19 bits per heavy atom. The Morgan fingerprint density at radius 3 is 2.56 bits per heavy atom. The first kappa shape index (κ1) is 14.3. The van der Waals surface area contributed by atoms with Crippen molar-refractivity contribution in [1.29, 1.82) is 0 Å². The minimum atomic E-state index is 0.866. The monoisotopic (exact) mass is 244 g/mol. The van der Waals surface area contributed by atoms with Gasteiger partial charge in [0.1, 0.15) is 0 Å². The molecule has 0 saturated carbocycles. The first-order chi connectivity index (χ1) is 7.86. The fourth-order valence-electron chi connectivity index (χ4n) is 2.51. The summed E-state index contributed by atoms with van der Waals surface area (Å²) in [6.07, 6.45) is 6.66. The lowest BCUT2D eigenvalue weighted by Crippen LogP contribution is -2.33. The van der Waals surface area contributed by atoms with Crippen LogP contribution in [0, 0.1) is 5.92 Å². The van der Waals surface area contributed by atoms with Gasteiger partial charge in [0.25, 0.3) is 0 Å². The summed E-state index contributed by atoms with van der Waals surface area (Å²) in [7, 11) is 0. The molecule has 0 aromatic rings. The fourth-order valence-corrected chi connectivity index (χ4v) is 3.48. The summed E-state index contributed by atoms with van der Waals surface area (Å²) in [5.41, 5.74) is 5.66. The van der Waals surface area contributed by atoms with Gasteiger partial charge >= 0.3 is 0 Å². The molecule has 3 heteroatoms. The lowest BCUT2D eigenvalue weighted by Gasteiger charge is -2.26. The van der Waals surface area contributed by atoms with Crippen LogP contribution in [0.15, 0.2) is 0 Å². The van der Waals surface area contributed by atoms with Crippen LogP contribution in [0.1, 0.15) is 39.0 Å². The standard InChI is InChI=1S/C13H28N2S/c1-2-4-13(6-7-14)5-3-8-15-9-11-16-12-10-15/h13H,2-12,14H2,1H3. The highest BCUT2D eigenvalue weighted by Crippen LogP contribution is 2.18. The largest absolute Gasteiger partial charge is 0.330 e. The van der Waals surface area contributed by atoms with Crippen LogP contribution in [0.2, 0.25) is 0 Å². The van der Waals surface area contributed by atoms with Crippen LogP contribution in [0.5, 0.6) is 0 Å². The summed E-state index contributed by atoms with van der Waals surface area (Å²) in [6, 6.07) is 0. The van der Waals surface area contributed by atoms with Gasteiger partial charge < -0.3 is 10.6 Å². The Balaban J connectivity index is 2.06. The summed E-state index contributed by atoms with van der Waals surface area (Å²) >= 11 is 2.10. The highest BCUT2D eigenvalue weighted by atomic mass is 32.2. The molecule has 0 spiro atoms. The van der Waals surface area contributed by atoms with Crippen LogP contribution < -0.4 is 5.73 Å². The van der Waals surface area contributed by atoms with Gasteiger partial charge in [-0.15, -0.1) is 0 Å². The number of nitrogens with two attached hydrogens (primary N) is 1. The Hall–Kier alpha value is 0.270. The number of nitrogens with zero attached hydrogens (tertiary/aromatic N) is 1. The second-order valence-electron chi connectivity index (χ2n) is 4.83. The molecule has 1 atom stereocenters. The van der Waals surface area contributed by atoms with Crippen molar-refractivity contribution in [1.82, 2.24) is 4.90 Å². The molecule has 1 rings (SSSR count). The van der Waals surface area contributed by atoms with Crippen LogP contribution in [-0.2, 0) is 0 Å². The van der Waals surface area contributed by atoms with E-state index in [9.17, 15) is 0 Å². The third kappa shape index (κ3) is 6.12. The summed E-state index contributed by atoms with van der Waals surface area (Å²) < 4.78 is 0. The third-order valence-electron chi connectivity index (χ3n) is 3.46. The van der Waals surface area contributed by atoms with Gasteiger partial charge in [-0.05, 0) is 38.3 Å². The van der Waals surface area contributed by atoms with Gasteiger partial charge in [0.05, 0.1) is 0 Å². The predicted molar refractivity (Wildman–Crippen MR) is 75.1 cm³/mol. The van der Waals surface area contributed by atoms with Crippen molar-refractivity contribution in [2.24, 2.45) is 11.7 Å². The molecule has 1 unspecified atom stereocenters. The number of hydrogen-bond acceptors (Lipinski definition) is 3. The number of hydrogen-bond donors (Lipinski definition) is 1. The number of thioether (sulfide) groups is 1. The van der Waals surface area contributed by atoms with E-state index in [2.05, 4.69) is 23.6 Å². The minimum Gasteiger partial charge on any atom is -0.330 e. The Morgan fingerprint density at radius 2 is 1.94 bits per heavy atom. The molecule has 1 fully saturated rings. The first-order valence-corrected chi connectivity index (χ1v) is 8.02. The molecule has 96 valence electrons. The maximum absolute atomic E-state index is 5.66. The van der Waals surface area contributed by atoms with E-state index in [1.165, 1.54) is 63.2 Å². The zero-order valence-electron chi connectivity index (χ0n) is 10.8. The molecule has 0 radical (unpaired) electrons. The Kier molecular flexibility index (Phi) is 8.34. The normalized spacial score (nSPS) is 19.9. The van der Waals surface area contributed by atoms with Gasteiger partial charge in [0.2, 0.25) is 0 Å². The highest BCUT2D eigenvalue weighted by molar-refractivity contribution is 7.99. The minimum absolute atomic E-state index is 0.866. The first-order valence-electron chi connectivity index (χ1n) is 6.87. The SMILES string of the molecule is CCCC(CCN)CCCN1CCSCC1. The van der Waals surface area contributed by atoms with Crippen LogP contribution in [0.3, 0.4) is 0 Å². The van der Waals surface area contributed by atoms with Crippen molar-refractivity contribution in [3.63, 3.8) is 0 Å². The molecule has 0 bridgehead atoms. The van der Waals surface area contributed by atoms with Crippen molar-refractivity contribution >= 4 is 11.8 Å². The second kappa shape index (κ2) is 9.32. The summed E-state index contributed by atoms with van der Waals surface area (Å²) in [6.45, 7) is 7.07. The Labute approximate surface area is 105 Å². The predicted octanol–water partition coefficient (Wildman–Crippen LogP) is 2.58. The zero-order chi connectivity index (χ0) is 11.6. The molecular formula is C13H28N2S. The molecule has 1 saturated heterocycles. The summed E-state index contributed by atoms with van der Waals surface area (Å²) in [4.78, 5) is 2.63. The second-order valence-corrected chi connectivity index (χ2v) is 6.05. The quantitative estimate of drug-likeness (QED) is 0.711.